The third kappa shape index (κ3) is 4.54. The van der Waals surface area contributed by atoms with Gasteiger partial charge < -0.3 is 10.0 Å². The zero-order valence-electron chi connectivity index (χ0n) is 10.8. The van der Waals surface area contributed by atoms with Crippen molar-refractivity contribution in [2.75, 3.05) is 13.6 Å². The highest BCUT2D eigenvalue weighted by molar-refractivity contribution is 5.77. The first-order valence-corrected chi connectivity index (χ1v) is 5.42. The SMILES string of the molecule is CC(CN(C)C(=O)CC(C)(C)C(F)(F)F)C(=O)O. The van der Waals surface area contributed by atoms with E-state index in [1.54, 1.807) is 0 Å². The number of halogens is 3. The van der Waals surface area contributed by atoms with E-state index in [4.69, 9.17) is 5.11 Å². The summed E-state index contributed by atoms with van der Waals surface area (Å²) < 4.78 is 37.7. The molecular weight excluding hydrogens is 251 g/mol. The molecule has 0 radical (unpaired) electrons. The van der Waals surface area contributed by atoms with Gasteiger partial charge in [-0.1, -0.05) is 20.8 Å². The molecule has 0 aliphatic heterocycles. The van der Waals surface area contributed by atoms with Gasteiger partial charge in [0.1, 0.15) is 0 Å². The molecule has 0 fully saturated rings. The molecule has 0 bridgehead atoms. The number of carboxylic acids is 1. The van der Waals surface area contributed by atoms with Gasteiger partial charge in [-0.2, -0.15) is 13.2 Å². The van der Waals surface area contributed by atoms with Gasteiger partial charge in [0.15, 0.2) is 0 Å². The molecule has 0 heterocycles. The number of amides is 1. The molecular formula is C11H18F3NO3. The van der Waals surface area contributed by atoms with Gasteiger partial charge in [-0.3, -0.25) is 9.59 Å². The van der Waals surface area contributed by atoms with Gasteiger partial charge in [0, 0.05) is 20.0 Å². The van der Waals surface area contributed by atoms with Gasteiger partial charge in [0.2, 0.25) is 5.91 Å². The van der Waals surface area contributed by atoms with E-state index < -0.39 is 35.8 Å². The summed E-state index contributed by atoms with van der Waals surface area (Å²) in [7, 11) is 1.30. The summed E-state index contributed by atoms with van der Waals surface area (Å²) in [5, 5.41) is 8.66. The van der Waals surface area contributed by atoms with Crippen LogP contribution in [0.2, 0.25) is 0 Å². The number of rotatable bonds is 5. The van der Waals surface area contributed by atoms with Crippen molar-refractivity contribution in [2.45, 2.75) is 33.4 Å². The van der Waals surface area contributed by atoms with E-state index in [-0.39, 0.29) is 6.54 Å². The number of hydrogen-bond donors (Lipinski definition) is 1. The summed E-state index contributed by atoms with van der Waals surface area (Å²) in [6.07, 6.45) is -5.17. The molecule has 0 aromatic rings. The van der Waals surface area contributed by atoms with Crippen LogP contribution in [0.4, 0.5) is 13.2 Å². The minimum atomic E-state index is -4.47. The van der Waals surface area contributed by atoms with Crippen molar-refractivity contribution in [2.24, 2.45) is 11.3 Å². The second-order valence-electron chi connectivity index (χ2n) is 5.07. The van der Waals surface area contributed by atoms with Gasteiger partial charge in [0.05, 0.1) is 11.3 Å². The Morgan fingerprint density at radius 3 is 2.06 bits per heavy atom. The molecule has 0 aromatic carbocycles. The maximum absolute atomic E-state index is 12.6. The minimum Gasteiger partial charge on any atom is -0.481 e. The lowest BCUT2D eigenvalue weighted by molar-refractivity contribution is -0.215. The van der Waals surface area contributed by atoms with Gasteiger partial charge in [-0.15, -0.1) is 0 Å². The van der Waals surface area contributed by atoms with Crippen molar-refractivity contribution in [3.05, 3.63) is 0 Å². The molecule has 7 heteroatoms. The van der Waals surface area contributed by atoms with Crippen molar-refractivity contribution in [3.63, 3.8) is 0 Å². The van der Waals surface area contributed by atoms with E-state index in [1.165, 1.54) is 14.0 Å². The maximum atomic E-state index is 12.6. The Bertz CT molecular complexity index is 326. The molecule has 0 rings (SSSR count). The molecule has 0 aliphatic rings. The summed E-state index contributed by atoms with van der Waals surface area (Å²) in [5.74, 6) is -2.62. The monoisotopic (exact) mass is 269 g/mol. The van der Waals surface area contributed by atoms with Crippen molar-refractivity contribution >= 4 is 11.9 Å². The van der Waals surface area contributed by atoms with Crippen molar-refractivity contribution in [1.29, 1.82) is 0 Å². The number of carboxylic acid groups (broad SMARTS) is 1. The average molecular weight is 269 g/mol. The first-order valence-electron chi connectivity index (χ1n) is 5.42. The van der Waals surface area contributed by atoms with Crippen molar-refractivity contribution in [3.8, 4) is 0 Å². The number of hydrogen-bond acceptors (Lipinski definition) is 2. The first-order chi connectivity index (χ1) is 7.88. The zero-order valence-corrected chi connectivity index (χ0v) is 10.8. The second kappa shape index (κ2) is 5.58. The Morgan fingerprint density at radius 1 is 1.28 bits per heavy atom. The van der Waals surface area contributed by atoms with Gasteiger partial charge >= 0.3 is 12.1 Å². The highest BCUT2D eigenvalue weighted by Crippen LogP contribution is 2.40. The Balaban J connectivity index is 4.55. The van der Waals surface area contributed by atoms with E-state index in [2.05, 4.69) is 0 Å². The number of nitrogens with zero attached hydrogens (tertiary/aromatic N) is 1. The average Bonchev–Trinajstić information content (AvgIpc) is 2.14. The highest BCUT2D eigenvalue weighted by atomic mass is 19.4. The van der Waals surface area contributed by atoms with Crippen LogP contribution in [0.5, 0.6) is 0 Å². The first kappa shape index (κ1) is 16.7. The lowest BCUT2D eigenvalue weighted by atomic mass is 9.88. The van der Waals surface area contributed by atoms with E-state index in [0.717, 1.165) is 18.7 Å². The molecule has 0 spiro atoms. The van der Waals surface area contributed by atoms with Crippen molar-refractivity contribution in [1.82, 2.24) is 4.90 Å². The predicted molar refractivity (Wildman–Crippen MR) is 58.9 cm³/mol. The smallest absolute Gasteiger partial charge is 0.394 e. The van der Waals surface area contributed by atoms with Crippen LogP contribution in [-0.2, 0) is 9.59 Å². The van der Waals surface area contributed by atoms with Crippen LogP contribution in [0.1, 0.15) is 27.2 Å². The molecule has 1 atom stereocenters. The van der Waals surface area contributed by atoms with Crippen LogP contribution in [0.3, 0.4) is 0 Å². The predicted octanol–water partition coefficient (Wildman–Crippen LogP) is 2.14. The molecule has 0 aliphatic carbocycles. The molecule has 1 amide bonds. The number of carbonyl (C=O) groups excluding carboxylic acids is 1. The molecule has 0 aromatic heterocycles. The van der Waals surface area contributed by atoms with Crippen LogP contribution in [0, 0.1) is 11.3 Å². The quantitative estimate of drug-likeness (QED) is 0.832. The minimum absolute atomic E-state index is 0.109. The van der Waals surface area contributed by atoms with Gasteiger partial charge in [-0.25, -0.2) is 0 Å². The van der Waals surface area contributed by atoms with Crippen LogP contribution >= 0.6 is 0 Å². The molecule has 0 saturated heterocycles. The summed E-state index contributed by atoms with van der Waals surface area (Å²) in [4.78, 5) is 23.2. The van der Waals surface area contributed by atoms with Crippen LogP contribution in [-0.4, -0.2) is 41.7 Å². The van der Waals surface area contributed by atoms with Gasteiger partial charge in [0.25, 0.3) is 0 Å². The zero-order chi connectivity index (χ0) is 14.7. The largest absolute Gasteiger partial charge is 0.481 e. The summed E-state index contributed by atoms with van der Waals surface area (Å²) >= 11 is 0. The van der Waals surface area contributed by atoms with Crippen LogP contribution < -0.4 is 0 Å². The normalized spacial score (nSPS) is 14.2. The Morgan fingerprint density at radius 2 is 1.72 bits per heavy atom. The molecule has 1 unspecified atom stereocenters. The molecule has 4 nitrogen and oxygen atoms in total. The van der Waals surface area contributed by atoms with E-state index >= 15 is 0 Å². The topological polar surface area (TPSA) is 57.6 Å². The number of carbonyl (C=O) groups is 2. The third-order valence-corrected chi connectivity index (χ3v) is 2.76. The fourth-order valence-corrected chi connectivity index (χ4v) is 1.20. The fourth-order valence-electron chi connectivity index (χ4n) is 1.20. The lowest BCUT2D eigenvalue weighted by Gasteiger charge is -2.29. The summed E-state index contributed by atoms with van der Waals surface area (Å²) in [6, 6.07) is 0. The van der Waals surface area contributed by atoms with E-state index in [1.807, 2.05) is 0 Å². The molecule has 18 heavy (non-hydrogen) atoms. The fraction of sp³-hybridized carbons (Fsp3) is 0.818. The Labute approximate surface area is 104 Å². The maximum Gasteiger partial charge on any atom is 0.394 e. The van der Waals surface area contributed by atoms with Gasteiger partial charge in [-0.05, 0) is 0 Å². The van der Waals surface area contributed by atoms with Crippen LogP contribution in [0.15, 0.2) is 0 Å². The van der Waals surface area contributed by atoms with E-state index in [9.17, 15) is 22.8 Å². The summed E-state index contributed by atoms with van der Waals surface area (Å²) in [5.41, 5.74) is -2.12. The number of alkyl halides is 3. The molecule has 106 valence electrons. The van der Waals surface area contributed by atoms with E-state index in [0.29, 0.717) is 0 Å². The number of aliphatic carboxylic acids is 1. The standard InChI is InChI=1S/C11H18F3NO3/c1-7(9(17)18)6-15(4)8(16)5-10(2,3)11(12,13)14/h7H,5-6H2,1-4H3,(H,17,18). The third-order valence-electron chi connectivity index (χ3n) is 2.76. The Hall–Kier alpha value is -1.27. The lowest BCUT2D eigenvalue weighted by Crippen LogP contribution is -2.40. The van der Waals surface area contributed by atoms with Crippen LogP contribution in [0.25, 0.3) is 0 Å². The molecule has 1 N–H and O–H groups in total. The second-order valence-corrected chi connectivity index (χ2v) is 5.07. The summed E-state index contributed by atoms with van der Waals surface area (Å²) in [6.45, 7) is 3.17. The van der Waals surface area contributed by atoms with Crippen molar-refractivity contribution < 1.29 is 27.9 Å². The molecule has 0 saturated carbocycles. The highest BCUT2D eigenvalue weighted by Gasteiger charge is 2.48. The Kier molecular flexibility index (Phi) is 5.19.